The molecule has 104 valence electrons. The van der Waals surface area contributed by atoms with E-state index in [1.165, 1.54) is 36.0 Å². The highest BCUT2D eigenvalue weighted by molar-refractivity contribution is 7.98. The number of rotatable bonds is 4. The van der Waals surface area contributed by atoms with Gasteiger partial charge in [0.15, 0.2) is 0 Å². The first-order valence-electron chi connectivity index (χ1n) is 5.58. The summed E-state index contributed by atoms with van der Waals surface area (Å²) in [5, 5.41) is 10.5. The van der Waals surface area contributed by atoms with Crippen LogP contribution < -0.4 is 5.73 Å². The van der Waals surface area contributed by atoms with Crippen molar-refractivity contribution in [2.24, 2.45) is 0 Å². The lowest BCUT2D eigenvalue weighted by atomic mass is 10.2. The molecule has 7 heteroatoms. The van der Waals surface area contributed by atoms with E-state index in [1.807, 2.05) is 0 Å². The van der Waals surface area contributed by atoms with Crippen molar-refractivity contribution < 1.29 is 13.7 Å². The molecule has 0 aliphatic heterocycles. The molecule has 2 aromatic rings. The van der Waals surface area contributed by atoms with E-state index in [0.29, 0.717) is 21.9 Å². The predicted molar refractivity (Wildman–Crippen MR) is 73.4 cm³/mol. The van der Waals surface area contributed by atoms with Crippen LogP contribution in [0.15, 0.2) is 41.3 Å². The van der Waals surface area contributed by atoms with Gasteiger partial charge in [-0.2, -0.15) is 4.39 Å². The molecule has 0 fully saturated rings. The van der Waals surface area contributed by atoms with Gasteiger partial charge in [-0.3, -0.25) is 10.1 Å². The summed E-state index contributed by atoms with van der Waals surface area (Å²) in [4.78, 5) is 10.4. The van der Waals surface area contributed by atoms with E-state index in [0.717, 1.165) is 12.1 Å². The van der Waals surface area contributed by atoms with E-state index in [4.69, 9.17) is 5.73 Å². The zero-order chi connectivity index (χ0) is 14.7. The number of nitro benzene ring substituents is 1. The third-order valence-electron chi connectivity index (χ3n) is 2.57. The molecule has 4 nitrogen and oxygen atoms in total. The van der Waals surface area contributed by atoms with Gasteiger partial charge in [0, 0.05) is 22.4 Å². The first kappa shape index (κ1) is 14.3. The molecule has 2 aromatic carbocycles. The fourth-order valence-corrected chi connectivity index (χ4v) is 2.49. The van der Waals surface area contributed by atoms with Gasteiger partial charge in [0.2, 0.25) is 5.82 Å². The van der Waals surface area contributed by atoms with Gasteiger partial charge < -0.3 is 5.73 Å². The lowest BCUT2D eigenvalue weighted by Crippen LogP contribution is -1.94. The highest BCUT2D eigenvalue weighted by Crippen LogP contribution is 2.29. The van der Waals surface area contributed by atoms with E-state index < -0.39 is 22.2 Å². The number of thioether (sulfide) groups is 1. The highest BCUT2D eigenvalue weighted by Gasteiger charge is 2.13. The van der Waals surface area contributed by atoms with Crippen LogP contribution in [0.4, 0.5) is 20.2 Å². The molecule has 0 aliphatic carbocycles. The number of halogens is 2. The van der Waals surface area contributed by atoms with Gasteiger partial charge in [0.1, 0.15) is 5.82 Å². The molecule has 0 unspecified atom stereocenters. The fourth-order valence-electron chi connectivity index (χ4n) is 1.60. The Morgan fingerprint density at radius 1 is 1.20 bits per heavy atom. The van der Waals surface area contributed by atoms with E-state index in [-0.39, 0.29) is 0 Å². The van der Waals surface area contributed by atoms with Gasteiger partial charge in [-0.05, 0) is 29.8 Å². The maximum Gasteiger partial charge on any atom is 0.304 e. The molecule has 0 aliphatic rings. The second-order valence-corrected chi connectivity index (χ2v) is 5.03. The Kier molecular flexibility index (Phi) is 4.19. The number of hydrogen-bond donors (Lipinski definition) is 1. The Bertz CT molecular complexity index is 665. The molecular weight excluding hydrogens is 286 g/mol. The number of hydrogen-bond acceptors (Lipinski definition) is 4. The third-order valence-corrected chi connectivity index (χ3v) is 3.74. The fraction of sp³-hybridized carbons (Fsp3) is 0.0769. The smallest absolute Gasteiger partial charge is 0.304 e. The summed E-state index contributed by atoms with van der Waals surface area (Å²) in [6, 6.07) is 7.75. The largest absolute Gasteiger partial charge is 0.398 e. The minimum absolute atomic E-state index is 0.303. The second-order valence-electron chi connectivity index (χ2n) is 4.01. The lowest BCUT2D eigenvalue weighted by Gasteiger charge is -2.06. The van der Waals surface area contributed by atoms with Crippen molar-refractivity contribution >= 4 is 23.1 Å². The first-order chi connectivity index (χ1) is 9.47. The summed E-state index contributed by atoms with van der Waals surface area (Å²) in [6.45, 7) is 0. The summed E-state index contributed by atoms with van der Waals surface area (Å²) in [6.07, 6.45) is 0. The number of nitrogens with zero attached hydrogens (tertiary/aromatic N) is 1. The average Bonchev–Trinajstić information content (AvgIpc) is 2.37. The van der Waals surface area contributed by atoms with Crippen LogP contribution in [0.1, 0.15) is 5.56 Å². The molecule has 0 radical (unpaired) electrons. The Hall–Kier alpha value is -2.15. The quantitative estimate of drug-likeness (QED) is 0.404. The Balaban J connectivity index is 2.11. The number of nitrogens with two attached hydrogens (primary N) is 1. The van der Waals surface area contributed by atoms with Crippen molar-refractivity contribution in [1.29, 1.82) is 0 Å². The second kappa shape index (κ2) is 5.87. The van der Waals surface area contributed by atoms with Crippen molar-refractivity contribution in [1.82, 2.24) is 0 Å². The van der Waals surface area contributed by atoms with Crippen LogP contribution in [0, 0.1) is 21.7 Å². The molecule has 20 heavy (non-hydrogen) atoms. The average molecular weight is 296 g/mol. The van der Waals surface area contributed by atoms with E-state index in [9.17, 15) is 18.9 Å². The molecule has 0 saturated carbocycles. The van der Waals surface area contributed by atoms with Gasteiger partial charge >= 0.3 is 5.69 Å². The number of benzene rings is 2. The van der Waals surface area contributed by atoms with Crippen LogP contribution >= 0.6 is 11.8 Å². The van der Waals surface area contributed by atoms with Gasteiger partial charge in [-0.25, -0.2) is 4.39 Å². The van der Waals surface area contributed by atoms with E-state index in [2.05, 4.69) is 0 Å². The van der Waals surface area contributed by atoms with Crippen molar-refractivity contribution in [2.45, 2.75) is 10.6 Å². The maximum absolute atomic E-state index is 13.4. The molecule has 0 amide bonds. The maximum atomic E-state index is 13.4. The first-order valence-corrected chi connectivity index (χ1v) is 6.56. The van der Waals surface area contributed by atoms with E-state index >= 15 is 0 Å². The van der Waals surface area contributed by atoms with Gasteiger partial charge in [0.25, 0.3) is 0 Å². The summed E-state index contributed by atoms with van der Waals surface area (Å²) >= 11 is 1.30. The summed E-state index contributed by atoms with van der Waals surface area (Å²) in [5.41, 5.74) is 5.99. The number of nitro groups is 1. The van der Waals surface area contributed by atoms with Crippen LogP contribution in [-0.2, 0) is 5.75 Å². The zero-order valence-electron chi connectivity index (χ0n) is 10.2. The van der Waals surface area contributed by atoms with Crippen LogP contribution in [-0.4, -0.2) is 4.92 Å². The van der Waals surface area contributed by atoms with Crippen LogP contribution in [0.2, 0.25) is 0 Å². The lowest BCUT2D eigenvalue weighted by molar-refractivity contribution is -0.387. The van der Waals surface area contributed by atoms with Crippen molar-refractivity contribution in [3.63, 3.8) is 0 Å². The summed E-state index contributed by atoms with van der Waals surface area (Å²) < 4.78 is 26.3. The molecule has 0 atom stereocenters. The van der Waals surface area contributed by atoms with Crippen molar-refractivity contribution in [3.8, 4) is 0 Å². The Morgan fingerprint density at radius 3 is 2.55 bits per heavy atom. The Labute approximate surface area is 117 Å². The summed E-state index contributed by atoms with van der Waals surface area (Å²) in [5.74, 6) is -0.918. The standard InChI is InChI=1S/C13H10F2N2O2S/c14-9-2-4-13(11(16)6-9)20-7-8-1-3-12(17(18)19)10(15)5-8/h1-6H,7,16H2. The van der Waals surface area contributed by atoms with Crippen LogP contribution in [0.3, 0.4) is 0 Å². The SMILES string of the molecule is Nc1cc(F)ccc1SCc1ccc([N+](=O)[O-])c(F)c1. The van der Waals surface area contributed by atoms with Gasteiger partial charge in [-0.1, -0.05) is 6.07 Å². The topological polar surface area (TPSA) is 69.2 Å². The summed E-state index contributed by atoms with van der Waals surface area (Å²) in [7, 11) is 0. The Morgan fingerprint density at radius 2 is 1.95 bits per heavy atom. The van der Waals surface area contributed by atoms with Crippen LogP contribution in [0.25, 0.3) is 0 Å². The van der Waals surface area contributed by atoms with Crippen molar-refractivity contribution in [2.75, 3.05) is 5.73 Å². The highest BCUT2D eigenvalue weighted by atomic mass is 32.2. The molecule has 0 spiro atoms. The third kappa shape index (κ3) is 3.24. The zero-order valence-corrected chi connectivity index (χ0v) is 11.0. The van der Waals surface area contributed by atoms with Crippen molar-refractivity contribution in [3.05, 3.63) is 63.7 Å². The predicted octanol–water partition coefficient (Wildman–Crippen LogP) is 3.75. The number of anilines is 1. The monoisotopic (exact) mass is 296 g/mol. The van der Waals surface area contributed by atoms with Gasteiger partial charge in [-0.15, -0.1) is 11.8 Å². The number of nitrogen functional groups attached to an aromatic ring is 1. The molecule has 2 N–H and O–H groups in total. The van der Waals surface area contributed by atoms with Gasteiger partial charge in [0.05, 0.1) is 4.92 Å². The molecule has 0 saturated heterocycles. The molecule has 0 aromatic heterocycles. The minimum Gasteiger partial charge on any atom is -0.398 e. The van der Waals surface area contributed by atoms with Crippen LogP contribution in [0.5, 0.6) is 0 Å². The molecule has 2 rings (SSSR count). The van der Waals surface area contributed by atoms with E-state index in [1.54, 1.807) is 0 Å². The minimum atomic E-state index is -0.875. The molecule has 0 heterocycles. The molecular formula is C13H10F2N2O2S. The molecule has 0 bridgehead atoms. The normalized spacial score (nSPS) is 10.5.